The molecule has 1 heterocycles. The summed E-state index contributed by atoms with van der Waals surface area (Å²) in [5, 5.41) is 39.7. The Kier molecular flexibility index (Phi) is 6.03. The number of nitrogens with zero attached hydrogens (tertiary/aromatic N) is 2. The zero-order valence-corrected chi connectivity index (χ0v) is 9.92. The van der Waals surface area contributed by atoms with Crippen LogP contribution in [0.5, 0.6) is 0 Å². The lowest BCUT2D eigenvalue weighted by Gasteiger charge is -2.17. The SMILES string of the molecule is O=C(NN=C[C@H](O)[C@H](O)[C@H](O)CO)c1ccncc1. The molecule has 8 heteroatoms. The summed E-state index contributed by atoms with van der Waals surface area (Å²) >= 11 is 0. The first-order chi connectivity index (χ1) is 9.06. The summed E-state index contributed by atoms with van der Waals surface area (Å²) in [7, 11) is 0. The Labute approximate surface area is 109 Å². The van der Waals surface area contributed by atoms with Gasteiger partial charge in [0.25, 0.3) is 5.91 Å². The summed E-state index contributed by atoms with van der Waals surface area (Å²) in [6, 6.07) is 2.96. The molecule has 0 saturated heterocycles. The highest BCUT2D eigenvalue weighted by molar-refractivity contribution is 5.94. The molecule has 0 unspecified atom stereocenters. The quantitative estimate of drug-likeness (QED) is 0.296. The van der Waals surface area contributed by atoms with E-state index >= 15 is 0 Å². The van der Waals surface area contributed by atoms with Crippen molar-refractivity contribution in [1.82, 2.24) is 10.4 Å². The average Bonchev–Trinajstić information content (AvgIpc) is 2.46. The van der Waals surface area contributed by atoms with Crippen LogP contribution in [-0.4, -0.2) is 62.5 Å². The lowest BCUT2D eigenvalue weighted by atomic mass is 10.1. The standard InChI is InChI=1S/C11H15N3O5/c15-6-9(17)10(18)8(16)5-13-14-11(19)7-1-3-12-4-2-7/h1-5,8-10,15-18H,6H2,(H,14,19)/t8-,9+,10-/m0/s1. The van der Waals surface area contributed by atoms with Crippen molar-refractivity contribution in [1.29, 1.82) is 0 Å². The van der Waals surface area contributed by atoms with E-state index in [-0.39, 0.29) is 0 Å². The fourth-order valence-corrected chi connectivity index (χ4v) is 1.16. The van der Waals surface area contributed by atoms with E-state index in [0.29, 0.717) is 5.56 Å². The van der Waals surface area contributed by atoms with Crippen LogP contribution in [0.15, 0.2) is 29.6 Å². The Morgan fingerprint density at radius 3 is 2.58 bits per heavy atom. The second-order valence-electron chi connectivity index (χ2n) is 3.69. The van der Waals surface area contributed by atoms with E-state index < -0.39 is 30.8 Å². The number of aliphatic hydroxyl groups excluding tert-OH is 4. The van der Waals surface area contributed by atoms with Crippen molar-refractivity contribution in [2.24, 2.45) is 5.10 Å². The fraction of sp³-hybridized carbons (Fsp3) is 0.364. The molecule has 5 N–H and O–H groups in total. The predicted molar refractivity (Wildman–Crippen MR) is 65.3 cm³/mol. The second-order valence-corrected chi connectivity index (χ2v) is 3.69. The van der Waals surface area contributed by atoms with E-state index in [0.717, 1.165) is 6.21 Å². The monoisotopic (exact) mass is 269 g/mol. The molecule has 1 aromatic rings. The normalized spacial score (nSPS) is 16.0. The molecule has 1 amide bonds. The van der Waals surface area contributed by atoms with Gasteiger partial charge in [-0.05, 0) is 12.1 Å². The van der Waals surface area contributed by atoms with Crippen LogP contribution in [0.1, 0.15) is 10.4 Å². The van der Waals surface area contributed by atoms with Crippen molar-refractivity contribution >= 4 is 12.1 Å². The van der Waals surface area contributed by atoms with Crippen molar-refractivity contribution in [2.45, 2.75) is 18.3 Å². The van der Waals surface area contributed by atoms with Crippen LogP contribution in [0.2, 0.25) is 0 Å². The summed E-state index contributed by atoms with van der Waals surface area (Å²) in [6.45, 7) is -0.699. The summed E-state index contributed by atoms with van der Waals surface area (Å²) in [4.78, 5) is 15.2. The first-order valence-corrected chi connectivity index (χ1v) is 5.45. The highest BCUT2D eigenvalue weighted by Gasteiger charge is 2.22. The minimum atomic E-state index is -1.59. The zero-order chi connectivity index (χ0) is 14.3. The summed E-state index contributed by atoms with van der Waals surface area (Å²) in [5.41, 5.74) is 2.46. The Morgan fingerprint density at radius 1 is 1.37 bits per heavy atom. The van der Waals surface area contributed by atoms with Gasteiger partial charge >= 0.3 is 0 Å². The number of aromatic nitrogens is 1. The number of nitrogens with one attached hydrogen (secondary N) is 1. The third-order valence-electron chi connectivity index (χ3n) is 2.27. The largest absolute Gasteiger partial charge is 0.394 e. The number of hydrazone groups is 1. The number of hydrogen-bond donors (Lipinski definition) is 5. The molecule has 0 aliphatic carbocycles. The Morgan fingerprint density at radius 2 is 2.00 bits per heavy atom. The minimum Gasteiger partial charge on any atom is -0.394 e. The number of carbonyl (C=O) groups is 1. The summed E-state index contributed by atoms with van der Waals surface area (Å²) in [5.74, 6) is -0.511. The number of rotatable bonds is 6. The molecule has 1 aromatic heterocycles. The third-order valence-corrected chi connectivity index (χ3v) is 2.27. The molecule has 104 valence electrons. The van der Waals surface area contributed by atoms with Crippen molar-refractivity contribution in [2.75, 3.05) is 6.61 Å². The van der Waals surface area contributed by atoms with E-state index in [2.05, 4.69) is 15.5 Å². The maximum atomic E-state index is 11.5. The van der Waals surface area contributed by atoms with Gasteiger partial charge in [-0.3, -0.25) is 9.78 Å². The Bertz CT molecular complexity index is 426. The molecule has 8 nitrogen and oxygen atoms in total. The van der Waals surface area contributed by atoms with Gasteiger partial charge < -0.3 is 20.4 Å². The molecule has 1 rings (SSSR count). The lowest BCUT2D eigenvalue weighted by molar-refractivity contribution is -0.0542. The smallest absolute Gasteiger partial charge is 0.271 e. The van der Waals surface area contributed by atoms with Crippen LogP contribution in [0.4, 0.5) is 0 Å². The molecule has 0 aromatic carbocycles. The van der Waals surface area contributed by atoms with Crippen LogP contribution in [-0.2, 0) is 0 Å². The van der Waals surface area contributed by atoms with Gasteiger partial charge in [0, 0.05) is 18.0 Å². The molecule has 0 aliphatic heterocycles. The molecule has 0 radical (unpaired) electrons. The van der Waals surface area contributed by atoms with E-state index in [4.69, 9.17) is 10.2 Å². The van der Waals surface area contributed by atoms with Gasteiger partial charge in [-0.15, -0.1) is 0 Å². The Hall–Kier alpha value is -1.87. The minimum absolute atomic E-state index is 0.331. The number of amides is 1. The van der Waals surface area contributed by atoms with Crippen LogP contribution < -0.4 is 5.43 Å². The topological polar surface area (TPSA) is 135 Å². The summed E-state index contributed by atoms with van der Waals surface area (Å²) < 4.78 is 0. The van der Waals surface area contributed by atoms with Crippen LogP contribution in [0, 0.1) is 0 Å². The van der Waals surface area contributed by atoms with Crippen molar-refractivity contribution in [3.63, 3.8) is 0 Å². The van der Waals surface area contributed by atoms with Crippen molar-refractivity contribution < 1.29 is 25.2 Å². The van der Waals surface area contributed by atoms with E-state index in [1.54, 1.807) is 0 Å². The Balaban J connectivity index is 2.48. The van der Waals surface area contributed by atoms with E-state index in [1.165, 1.54) is 24.5 Å². The highest BCUT2D eigenvalue weighted by atomic mass is 16.4. The number of aliphatic hydroxyl groups is 4. The van der Waals surface area contributed by atoms with Gasteiger partial charge in [0.2, 0.25) is 0 Å². The first-order valence-electron chi connectivity index (χ1n) is 5.45. The van der Waals surface area contributed by atoms with E-state index in [9.17, 15) is 15.0 Å². The van der Waals surface area contributed by atoms with Crippen molar-refractivity contribution in [3.05, 3.63) is 30.1 Å². The first kappa shape index (κ1) is 15.2. The van der Waals surface area contributed by atoms with Crippen LogP contribution in [0.3, 0.4) is 0 Å². The van der Waals surface area contributed by atoms with Gasteiger partial charge in [0.15, 0.2) is 0 Å². The number of carbonyl (C=O) groups excluding carboxylic acids is 1. The van der Waals surface area contributed by atoms with Gasteiger partial charge in [0.1, 0.15) is 18.3 Å². The molecule has 0 aliphatic rings. The second kappa shape index (κ2) is 7.54. The van der Waals surface area contributed by atoms with Crippen molar-refractivity contribution in [3.8, 4) is 0 Å². The highest BCUT2D eigenvalue weighted by Crippen LogP contribution is 1.98. The molecular weight excluding hydrogens is 254 g/mol. The molecule has 0 spiro atoms. The average molecular weight is 269 g/mol. The maximum absolute atomic E-state index is 11.5. The molecule has 19 heavy (non-hydrogen) atoms. The van der Waals surface area contributed by atoms with Crippen LogP contribution >= 0.6 is 0 Å². The molecule has 0 bridgehead atoms. The summed E-state index contributed by atoms with van der Waals surface area (Å²) in [6.07, 6.45) is -0.865. The molecule has 0 fully saturated rings. The molecular formula is C11H15N3O5. The number of pyridine rings is 1. The van der Waals surface area contributed by atoms with Crippen LogP contribution in [0.25, 0.3) is 0 Å². The van der Waals surface area contributed by atoms with Gasteiger partial charge in [-0.25, -0.2) is 5.43 Å². The van der Waals surface area contributed by atoms with Gasteiger partial charge in [-0.1, -0.05) is 0 Å². The third kappa shape index (κ3) is 4.72. The zero-order valence-electron chi connectivity index (χ0n) is 9.92. The predicted octanol–water partition coefficient (Wildman–Crippen LogP) is -2.13. The van der Waals surface area contributed by atoms with Gasteiger partial charge in [0.05, 0.1) is 12.8 Å². The lowest BCUT2D eigenvalue weighted by Crippen LogP contribution is -2.40. The molecule has 0 saturated carbocycles. The van der Waals surface area contributed by atoms with Gasteiger partial charge in [-0.2, -0.15) is 5.10 Å². The fourth-order valence-electron chi connectivity index (χ4n) is 1.16. The maximum Gasteiger partial charge on any atom is 0.271 e. The molecule has 3 atom stereocenters. The van der Waals surface area contributed by atoms with E-state index in [1.807, 2.05) is 0 Å². The number of hydrogen-bond acceptors (Lipinski definition) is 7.